The Labute approximate surface area is 99.8 Å². The summed E-state index contributed by atoms with van der Waals surface area (Å²) in [6, 6.07) is 6.59. The van der Waals surface area contributed by atoms with Crippen LogP contribution in [0.2, 0.25) is 0 Å². The fourth-order valence-electron chi connectivity index (χ4n) is 1.93. The molecule has 0 amide bonds. The SMILES string of the molecule is CC1=CCCC(c2ccc(Br)c(C)c2)=C1. The summed E-state index contributed by atoms with van der Waals surface area (Å²) in [6.45, 7) is 4.31. The van der Waals surface area contributed by atoms with Gasteiger partial charge < -0.3 is 0 Å². The first-order valence-electron chi connectivity index (χ1n) is 5.30. The van der Waals surface area contributed by atoms with E-state index in [2.05, 4.69) is 60.1 Å². The average Bonchev–Trinajstić information content (AvgIpc) is 2.22. The lowest BCUT2D eigenvalue weighted by Gasteiger charge is -2.13. The smallest absolute Gasteiger partial charge is 0.0204 e. The van der Waals surface area contributed by atoms with Crippen molar-refractivity contribution in [3.63, 3.8) is 0 Å². The number of allylic oxidation sites excluding steroid dienone is 4. The highest BCUT2D eigenvalue weighted by Gasteiger charge is 2.06. The lowest BCUT2D eigenvalue weighted by Crippen LogP contribution is -1.91. The van der Waals surface area contributed by atoms with Gasteiger partial charge in [-0.15, -0.1) is 0 Å². The molecule has 1 aromatic rings. The molecule has 0 spiro atoms. The molecule has 0 heterocycles. The molecule has 0 N–H and O–H groups in total. The van der Waals surface area contributed by atoms with Gasteiger partial charge in [0.25, 0.3) is 0 Å². The predicted molar refractivity (Wildman–Crippen MR) is 69.8 cm³/mol. The third-order valence-electron chi connectivity index (χ3n) is 2.81. The summed E-state index contributed by atoms with van der Waals surface area (Å²) >= 11 is 3.53. The molecule has 0 saturated carbocycles. The van der Waals surface area contributed by atoms with Crippen LogP contribution in [0.3, 0.4) is 0 Å². The maximum Gasteiger partial charge on any atom is 0.0204 e. The van der Waals surface area contributed by atoms with Crippen LogP contribution < -0.4 is 0 Å². The minimum atomic E-state index is 1.17. The van der Waals surface area contributed by atoms with Crippen LogP contribution in [0.1, 0.15) is 30.9 Å². The highest BCUT2D eigenvalue weighted by Crippen LogP contribution is 2.28. The minimum Gasteiger partial charge on any atom is -0.0813 e. The van der Waals surface area contributed by atoms with Crippen molar-refractivity contribution >= 4 is 21.5 Å². The van der Waals surface area contributed by atoms with Gasteiger partial charge in [0.1, 0.15) is 0 Å². The minimum absolute atomic E-state index is 1.17. The Bertz CT molecular complexity index is 439. The van der Waals surface area contributed by atoms with E-state index in [1.807, 2.05) is 0 Å². The highest BCUT2D eigenvalue weighted by molar-refractivity contribution is 9.10. The van der Waals surface area contributed by atoms with Crippen LogP contribution in [0, 0.1) is 6.92 Å². The van der Waals surface area contributed by atoms with Gasteiger partial charge >= 0.3 is 0 Å². The number of hydrogen-bond donors (Lipinski definition) is 0. The first kappa shape index (κ1) is 10.7. The van der Waals surface area contributed by atoms with E-state index in [4.69, 9.17) is 0 Å². The molecular weight excluding hydrogens is 248 g/mol. The lowest BCUT2D eigenvalue weighted by molar-refractivity contribution is 1.03. The molecule has 78 valence electrons. The number of rotatable bonds is 1. The fourth-order valence-corrected chi connectivity index (χ4v) is 2.18. The number of benzene rings is 1. The van der Waals surface area contributed by atoms with Crippen LogP contribution in [-0.2, 0) is 0 Å². The van der Waals surface area contributed by atoms with Crippen LogP contribution in [0.15, 0.2) is 40.4 Å². The zero-order valence-electron chi connectivity index (χ0n) is 9.18. The third-order valence-corrected chi connectivity index (χ3v) is 3.70. The Morgan fingerprint density at radius 1 is 1.20 bits per heavy atom. The molecule has 1 aromatic carbocycles. The van der Waals surface area contributed by atoms with Gasteiger partial charge in [0.2, 0.25) is 0 Å². The highest BCUT2D eigenvalue weighted by atomic mass is 79.9. The van der Waals surface area contributed by atoms with Gasteiger partial charge in [0.15, 0.2) is 0 Å². The molecule has 1 aliphatic carbocycles. The number of hydrogen-bond acceptors (Lipinski definition) is 0. The summed E-state index contributed by atoms with van der Waals surface area (Å²) in [4.78, 5) is 0. The van der Waals surface area contributed by atoms with Gasteiger partial charge in [-0.1, -0.05) is 45.8 Å². The van der Waals surface area contributed by atoms with Crippen molar-refractivity contribution in [2.24, 2.45) is 0 Å². The number of halogens is 1. The number of aryl methyl sites for hydroxylation is 1. The van der Waals surface area contributed by atoms with E-state index in [0.29, 0.717) is 0 Å². The van der Waals surface area contributed by atoms with Crippen molar-refractivity contribution in [1.29, 1.82) is 0 Å². The molecule has 1 heteroatoms. The quantitative estimate of drug-likeness (QED) is 0.677. The Morgan fingerprint density at radius 2 is 2.00 bits per heavy atom. The van der Waals surface area contributed by atoms with E-state index >= 15 is 0 Å². The standard InChI is InChI=1S/C14H15Br/c1-10-4-3-5-12(8-10)13-6-7-14(15)11(2)9-13/h4,6-9H,3,5H2,1-2H3. The molecular formula is C14H15Br. The van der Waals surface area contributed by atoms with Crippen molar-refractivity contribution in [2.75, 3.05) is 0 Å². The zero-order chi connectivity index (χ0) is 10.8. The van der Waals surface area contributed by atoms with Crippen molar-refractivity contribution in [1.82, 2.24) is 0 Å². The molecule has 0 saturated heterocycles. The molecule has 0 aliphatic heterocycles. The average molecular weight is 263 g/mol. The fraction of sp³-hybridized carbons (Fsp3) is 0.286. The van der Waals surface area contributed by atoms with Crippen LogP contribution >= 0.6 is 15.9 Å². The van der Waals surface area contributed by atoms with Gasteiger partial charge in [-0.25, -0.2) is 0 Å². The van der Waals surface area contributed by atoms with Gasteiger partial charge in [0, 0.05) is 4.47 Å². The van der Waals surface area contributed by atoms with Crippen molar-refractivity contribution in [3.8, 4) is 0 Å². The summed E-state index contributed by atoms with van der Waals surface area (Å²) in [7, 11) is 0. The van der Waals surface area contributed by atoms with Gasteiger partial charge in [-0.2, -0.15) is 0 Å². The summed E-state index contributed by atoms with van der Waals surface area (Å²) in [5.74, 6) is 0. The zero-order valence-corrected chi connectivity index (χ0v) is 10.8. The Balaban J connectivity index is 2.38. The molecule has 0 atom stereocenters. The summed E-state index contributed by atoms with van der Waals surface area (Å²) in [6.07, 6.45) is 6.94. The van der Waals surface area contributed by atoms with Crippen molar-refractivity contribution < 1.29 is 0 Å². The topological polar surface area (TPSA) is 0 Å². The second kappa shape index (κ2) is 4.36. The van der Waals surface area contributed by atoms with Crippen molar-refractivity contribution in [2.45, 2.75) is 26.7 Å². The molecule has 0 fully saturated rings. The van der Waals surface area contributed by atoms with E-state index in [1.54, 1.807) is 0 Å². The van der Waals surface area contributed by atoms with Crippen LogP contribution in [0.4, 0.5) is 0 Å². The molecule has 1 aliphatic rings. The van der Waals surface area contributed by atoms with Gasteiger partial charge in [-0.05, 0) is 49.5 Å². The monoisotopic (exact) mass is 262 g/mol. The van der Waals surface area contributed by atoms with Crippen LogP contribution in [0.5, 0.6) is 0 Å². The molecule has 0 radical (unpaired) electrons. The van der Waals surface area contributed by atoms with Crippen molar-refractivity contribution in [3.05, 3.63) is 51.5 Å². The molecule has 0 nitrogen and oxygen atoms in total. The van der Waals surface area contributed by atoms with E-state index in [1.165, 1.54) is 39.6 Å². The molecule has 0 aromatic heterocycles. The molecule has 0 unspecified atom stereocenters. The van der Waals surface area contributed by atoms with Gasteiger partial charge in [-0.3, -0.25) is 0 Å². The lowest BCUT2D eigenvalue weighted by atomic mass is 9.93. The maximum absolute atomic E-state index is 3.53. The predicted octanol–water partition coefficient (Wildman–Crippen LogP) is 4.88. The van der Waals surface area contributed by atoms with Gasteiger partial charge in [0.05, 0.1) is 0 Å². The van der Waals surface area contributed by atoms with E-state index in [-0.39, 0.29) is 0 Å². The first-order chi connectivity index (χ1) is 7.16. The van der Waals surface area contributed by atoms with E-state index in [9.17, 15) is 0 Å². The second-order valence-electron chi connectivity index (χ2n) is 4.12. The largest absolute Gasteiger partial charge is 0.0813 e. The second-order valence-corrected chi connectivity index (χ2v) is 4.97. The third kappa shape index (κ3) is 2.40. The Morgan fingerprint density at radius 3 is 2.67 bits per heavy atom. The summed E-state index contributed by atoms with van der Waals surface area (Å²) in [5.41, 5.74) is 5.52. The van der Waals surface area contributed by atoms with Crippen LogP contribution in [-0.4, -0.2) is 0 Å². The summed E-state index contributed by atoms with van der Waals surface area (Å²) < 4.78 is 1.19. The van der Waals surface area contributed by atoms with E-state index < -0.39 is 0 Å². The summed E-state index contributed by atoms with van der Waals surface area (Å²) in [5, 5.41) is 0. The Hall–Kier alpha value is -0.820. The van der Waals surface area contributed by atoms with Crippen LogP contribution in [0.25, 0.3) is 5.57 Å². The Kier molecular flexibility index (Phi) is 3.11. The normalized spacial score (nSPS) is 15.9. The maximum atomic E-state index is 3.53. The molecule has 2 rings (SSSR count). The van der Waals surface area contributed by atoms with E-state index in [0.717, 1.165) is 0 Å². The first-order valence-corrected chi connectivity index (χ1v) is 6.10. The molecule has 0 bridgehead atoms. The molecule has 15 heavy (non-hydrogen) atoms.